The zero-order valence-electron chi connectivity index (χ0n) is 11.4. The zero-order chi connectivity index (χ0) is 14.3. The van der Waals surface area contributed by atoms with Crippen LogP contribution in [0.1, 0.15) is 36.3 Å². The first-order chi connectivity index (χ1) is 9.06. The highest BCUT2D eigenvalue weighted by Gasteiger charge is 2.08. The highest BCUT2D eigenvalue weighted by molar-refractivity contribution is 7.84. The summed E-state index contributed by atoms with van der Waals surface area (Å²) in [6.07, 6.45) is 1.75. The van der Waals surface area contributed by atoms with E-state index in [2.05, 4.69) is 10.3 Å². The Bertz CT molecular complexity index is 463. The summed E-state index contributed by atoms with van der Waals surface area (Å²) in [5.74, 6) is 1.25. The number of amides is 1. The number of hydrogen-bond donors (Lipinski definition) is 2. The average Bonchev–Trinajstić information content (AvgIpc) is 2.38. The Morgan fingerprint density at radius 3 is 2.79 bits per heavy atom. The van der Waals surface area contributed by atoms with Gasteiger partial charge in [0.1, 0.15) is 5.82 Å². The van der Waals surface area contributed by atoms with E-state index in [1.165, 1.54) is 0 Å². The lowest BCUT2D eigenvalue weighted by Crippen LogP contribution is -2.28. The average molecular weight is 283 g/mol. The van der Waals surface area contributed by atoms with Crippen molar-refractivity contribution in [1.29, 1.82) is 0 Å². The van der Waals surface area contributed by atoms with Crippen molar-refractivity contribution < 1.29 is 9.00 Å². The molecule has 1 heterocycles. The fraction of sp³-hybridized carbons (Fsp3) is 0.538. The first-order valence-corrected chi connectivity index (χ1v) is 7.95. The van der Waals surface area contributed by atoms with Gasteiger partial charge in [-0.3, -0.25) is 9.00 Å². The lowest BCUT2D eigenvalue weighted by molar-refractivity contribution is 0.0956. The Labute approximate surface area is 116 Å². The predicted molar refractivity (Wildman–Crippen MR) is 78.5 cm³/mol. The zero-order valence-corrected chi connectivity index (χ0v) is 12.3. The molecule has 6 heteroatoms. The van der Waals surface area contributed by atoms with Crippen LogP contribution >= 0.6 is 0 Å². The minimum atomic E-state index is -0.863. The van der Waals surface area contributed by atoms with Crippen molar-refractivity contribution in [2.75, 3.05) is 23.8 Å². The molecule has 1 aromatic rings. The van der Waals surface area contributed by atoms with Gasteiger partial charge >= 0.3 is 0 Å². The third-order valence-electron chi connectivity index (χ3n) is 2.60. The molecule has 0 saturated heterocycles. The molecule has 0 bridgehead atoms. The maximum atomic E-state index is 11.9. The molecule has 106 valence electrons. The molecule has 19 heavy (non-hydrogen) atoms. The Morgan fingerprint density at radius 2 is 2.16 bits per heavy atom. The van der Waals surface area contributed by atoms with Crippen LogP contribution in [-0.4, -0.2) is 33.2 Å². The van der Waals surface area contributed by atoms with Crippen molar-refractivity contribution in [1.82, 2.24) is 10.3 Å². The van der Waals surface area contributed by atoms with Crippen molar-refractivity contribution in [3.8, 4) is 0 Å². The van der Waals surface area contributed by atoms with Gasteiger partial charge in [0.25, 0.3) is 5.91 Å². The third-order valence-corrected chi connectivity index (χ3v) is 3.91. The van der Waals surface area contributed by atoms with Gasteiger partial charge in [-0.05, 0) is 18.6 Å². The molecule has 0 aliphatic rings. The van der Waals surface area contributed by atoms with Crippen molar-refractivity contribution in [3.63, 3.8) is 0 Å². The highest BCUT2D eigenvalue weighted by Crippen LogP contribution is 2.09. The molecular formula is C13H21N3O2S. The summed E-state index contributed by atoms with van der Waals surface area (Å²) in [4.78, 5) is 16.1. The quantitative estimate of drug-likeness (QED) is 0.785. The second-order valence-electron chi connectivity index (χ2n) is 4.21. The summed E-state index contributed by atoms with van der Waals surface area (Å²) in [5.41, 5.74) is 7.02. The van der Waals surface area contributed by atoms with Gasteiger partial charge in [0.05, 0.1) is 0 Å². The molecule has 3 N–H and O–H groups in total. The molecule has 1 atom stereocenters. The highest BCUT2D eigenvalue weighted by atomic mass is 32.2. The number of pyridine rings is 1. The van der Waals surface area contributed by atoms with E-state index in [0.29, 0.717) is 29.4 Å². The van der Waals surface area contributed by atoms with Crippen LogP contribution in [0.3, 0.4) is 0 Å². The van der Waals surface area contributed by atoms with Crippen LogP contribution < -0.4 is 11.1 Å². The van der Waals surface area contributed by atoms with Crippen LogP contribution in [0.15, 0.2) is 12.1 Å². The van der Waals surface area contributed by atoms with Gasteiger partial charge < -0.3 is 11.1 Å². The minimum absolute atomic E-state index is 0.195. The second kappa shape index (κ2) is 7.89. The van der Waals surface area contributed by atoms with E-state index in [0.717, 1.165) is 18.5 Å². The van der Waals surface area contributed by atoms with Crippen molar-refractivity contribution in [2.24, 2.45) is 0 Å². The Kier molecular flexibility index (Phi) is 6.49. The van der Waals surface area contributed by atoms with E-state index in [9.17, 15) is 9.00 Å². The molecule has 0 aromatic carbocycles. The lowest BCUT2D eigenvalue weighted by atomic mass is 10.1. The monoisotopic (exact) mass is 283 g/mol. The minimum Gasteiger partial charge on any atom is -0.384 e. The van der Waals surface area contributed by atoms with Crippen LogP contribution in [0.5, 0.6) is 0 Å². The number of nitrogens with two attached hydrogens (primary N) is 1. The van der Waals surface area contributed by atoms with E-state index < -0.39 is 10.8 Å². The molecule has 1 rings (SSSR count). The maximum Gasteiger partial charge on any atom is 0.251 e. The van der Waals surface area contributed by atoms with Crippen LogP contribution in [0.2, 0.25) is 0 Å². The normalized spacial score (nSPS) is 12.1. The summed E-state index contributed by atoms with van der Waals surface area (Å²) in [6, 6.07) is 3.32. The number of nitrogens with one attached hydrogen (secondary N) is 1. The summed E-state index contributed by atoms with van der Waals surface area (Å²) < 4.78 is 11.3. The Morgan fingerprint density at radius 1 is 1.42 bits per heavy atom. The van der Waals surface area contributed by atoms with Gasteiger partial charge in [0.15, 0.2) is 0 Å². The van der Waals surface area contributed by atoms with E-state index in [4.69, 9.17) is 5.73 Å². The molecule has 0 aliphatic carbocycles. The van der Waals surface area contributed by atoms with E-state index in [1.54, 1.807) is 12.1 Å². The van der Waals surface area contributed by atoms with E-state index in [1.807, 2.05) is 13.8 Å². The SMILES string of the molecule is CCCc1cc(C(=O)NCCS(=O)CC)cc(N)n1. The smallest absolute Gasteiger partial charge is 0.251 e. The topological polar surface area (TPSA) is 85.1 Å². The number of anilines is 1. The number of carbonyl (C=O) groups is 1. The number of nitrogens with zero attached hydrogens (tertiary/aromatic N) is 1. The number of hydrogen-bond acceptors (Lipinski definition) is 4. The van der Waals surface area contributed by atoms with Gasteiger partial charge in [0.2, 0.25) is 0 Å². The number of nitrogen functional groups attached to an aromatic ring is 1. The van der Waals surface area contributed by atoms with E-state index >= 15 is 0 Å². The lowest BCUT2D eigenvalue weighted by Gasteiger charge is -2.07. The van der Waals surface area contributed by atoms with Gasteiger partial charge in [-0.1, -0.05) is 20.3 Å². The van der Waals surface area contributed by atoms with Gasteiger partial charge in [-0.15, -0.1) is 0 Å². The third kappa shape index (κ3) is 5.38. The molecule has 1 amide bonds. The van der Waals surface area contributed by atoms with Crippen LogP contribution in [0.25, 0.3) is 0 Å². The summed E-state index contributed by atoms with van der Waals surface area (Å²) >= 11 is 0. The molecule has 1 aromatic heterocycles. The number of aromatic nitrogens is 1. The molecule has 5 nitrogen and oxygen atoms in total. The predicted octanol–water partition coefficient (Wildman–Crippen LogP) is 1.11. The maximum absolute atomic E-state index is 11.9. The number of carbonyl (C=O) groups excluding carboxylic acids is 1. The Hall–Kier alpha value is -1.43. The van der Waals surface area contributed by atoms with Gasteiger partial charge in [-0.2, -0.15) is 0 Å². The standard InChI is InChI=1S/C13H21N3O2S/c1-3-5-11-8-10(9-12(14)16-11)13(17)15-6-7-19(18)4-2/h8-9H,3-7H2,1-2H3,(H2,14,16)(H,15,17). The van der Waals surface area contributed by atoms with Gasteiger partial charge in [0, 0.05) is 40.1 Å². The second-order valence-corrected chi connectivity index (χ2v) is 6.08. The molecule has 0 spiro atoms. The molecule has 0 radical (unpaired) electrons. The molecule has 0 saturated carbocycles. The number of aryl methyl sites for hydroxylation is 1. The molecule has 0 aliphatic heterocycles. The summed E-state index contributed by atoms with van der Waals surface area (Å²) in [7, 11) is -0.863. The first kappa shape index (κ1) is 15.6. The molecular weight excluding hydrogens is 262 g/mol. The van der Waals surface area contributed by atoms with Crippen LogP contribution in [0.4, 0.5) is 5.82 Å². The fourth-order valence-corrected chi connectivity index (χ4v) is 2.27. The summed E-state index contributed by atoms with van der Waals surface area (Å²) in [5, 5.41) is 2.75. The van der Waals surface area contributed by atoms with Gasteiger partial charge in [-0.25, -0.2) is 4.98 Å². The van der Waals surface area contributed by atoms with E-state index in [-0.39, 0.29) is 5.91 Å². The van der Waals surface area contributed by atoms with Crippen LogP contribution in [0, 0.1) is 0 Å². The molecule has 1 unspecified atom stereocenters. The largest absolute Gasteiger partial charge is 0.384 e. The van der Waals surface area contributed by atoms with Crippen molar-refractivity contribution >= 4 is 22.5 Å². The fourth-order valence-electron chi connectivity index (χ4n) is 1.65. The number of rotatable bonds is 7. The first-order valence-electron chi connectivity index (χ1n) is 6.46. The van der Waals surface area contributed by atoms with Crippen molar-refractivity contribution in [3.05, 3.63) is 23.4 Å². The van der Waals surface area contributed by atoms with Crippen LogP contribution in [-0.2, 0) is 17.2 Å². The Balaban J connectivity index is 2.63. The van der Waals surface area contributed by atoms with Crippen molar-refractivity contribution in [2.45, 2.75) is 26.7 Å². The summed E-state index contributed by atoms with van der Waals surface area (Å²) in [6.45, 7) is 4.31. The molecule has 0 fully saturated rings.